The van der Waals surface area contributed by atoms with Crippen molar-refractivity contribution in [3.05, 3.63) is 107 Å². The molecule has 0 bridgehead atoms. The van der Waals surface area contributed by atoms with Crippen molar-refractivity contribution in [2.24, 2.45) is 0 Å². The van der Waals surface area contributed by atoms with E-state index in [0.717, 1.165) is 32.6 Å². The van der Waals surface area contributed by atoms with Gasteiger partial charge < -0.3 is 0 Å². The zero-order chi connectivity index (χ0) is 40.4. The van der Waals surface area contributed by atoms with Gasteiger partial charge in [0, 0.05) is 9.52 Å². The van der Waals surface area contributed by atoms with Crippen LogP contribution in [0.5, 0.6) is 0 Å². The maximum atomic E-state index is 13.3. The zero-order valence-corrected chi connectivity index (χ0v) is 35.5. The topological polar surface area (TPSA) is 0 Å². The first kappa shape index (κ1) is 47.1. The fraction of sp³-hybridized carbons (Fsp3) is 0.400. The molecule has 0 saturated heterocycles. The first-order chi connectivity index (χ1) is 24.7. The van der Waals surface area contributed by atoms with Crippen molar-refractivity contribution in [3.63, 3.8) is 0 Å². The molecule has 0 heterocycles. The summed E-state index contributed by atoms with van der Waals surface area (Å²) < 4.78 is 120. The molecule has 288 valence electrons. The van der Waals surface area contributed by atoms with Crippen LogP contribution >= 0.6 is 17.0 Å². The Bertz CT molecular complexity index is 1800. The van der Waals surface area contributed by atoms with Crippen LogP contribution in [0.4, 0.5) is 39.5 Å². The first-order valence-corrected chi connectivity index (χ1v) is 25.3. The molecule has 0 aliphatic rings. The summed E-state index contributed by atoms with van der Waals surface area (Å²) in [4.78, 5) is 0. The van der Waals surface area contributed by atoms with Crippen molar-refractivity contribution in [1.29, 1.82) is 0 Å². The van der Waals surface area contributed by atoms with Crippen LogP contribution in [0.2, 0.25) is 13.1 Å². The standard InChI is InChI=1S/C21H14F9.C17H23.C2H6Si.2ClH.Zr/c1-2-12-10-14-4-3-5-16(17(14)11-12)13-6-8-15(9-7-13)18(19(22,23)24,20(25,26)27)21(28,29)30;1-5-12(3)15-10-14-8-7-9-16(13(4)6-2)17(14)11-15;1-3-2;;;/h3-11H,2H2,1H3;7-13H,5-6H2,1-4H3;1-2H3;2*1H;/q2*-1;;;;+4/p-2. The van der Waals surface area contributed by atoms with E-state index in [-0.39, 0.29) is 17.7 Å². The summed E-state index contributed by atoms with van der Waals surface area (Å²) in [6.45, 7) is 15.4. The second-order valence-electron chi connectivity index (χ2n) is 12.7. The van der Waals surface area contributed by atoms with Gasteiger partial charge in [0.25, 0.3) is 5.41 Å². The van der Waals surface area contributed by atoms with Gasteiger partial charge in [0.1, 0.15) is 0 Å². The summed E-state index contributed by atoms with van der Waals surface area (Å²) in [7, 11) is 11.0. The van der Waals surface area contributed by atoms with Crippen LogP contribution in [0.1, 0.15) is 81.5 Å². The van der Waals surface area contributed by atoms with Gasteiger partial charge in [-0.15, -0.1) is 69.1 Å². The second kappa shape index (κ2) is 20.2. The van der Waals surface area contributed by atoms with Gasteiger partial charge in [-0.05, 0) is 29.4 Å². The van der Waals surface area contributed by atoms with Gasteiger partial charge in [0.2, 0.25) is 0 Å². The summed E-state index contributed by atoms with van der Waals surface area (Å²) in [5, 5.41) is 4.40. The van der Waals surface area contributed by atoms with Crippen LogP contribution in [0, 0.1) is 0 Å². The van der Waals surface area contributed by atoms with Gasteiger partial charge in [-0.1, -0.05) is 108 Å². The van der Waals surface area contributed by atoms with E-state index in [2.05, 4.69) is 71.1 Å². The zero-order valence-electron chi connectivity index (χ0n) is 30.5. The van der Waals surface area contributed by atoms with Gasteiger partial charge in [-0.2, -0.15) is 51.6 Å². The Morgan fingerprint density at radius 1 is 0.660 bits per heavy atom. The molecule has 5 aromatic carbocycles. The molecule has 0 N–H and O–H groups in total. The van der Waals surface area contributed by atoms with Crippen molar-refractivity contribution in [3.8, 4) is 11.1 Å². The van der Waals surface area contributed by atoms with E-state index >= 15 is 0 Å². The molecule has 0 amide bonds. The summed E-state index contributed by atoms with van der Waals surface area (Å²) in [6, 6.07) is 22.4. The van der Waals surface area contributed by atoms with Crippen LogP contribution in [-0.4, -0.2) is 28.0 Å². The Labute approximate surface area is 327 Å². The van der Waals surface area contributed by atoms with Crippen LogP contribution < -0.4 is 0 Å². The number of halogens is 11. The first-order valence-electron chi connectivity index (χ1n) is 17.0. The maximum absolute atomic E-state index is 13.3. The molecule has 53 heavy (non-hydrogen) atoms. The SMILES string of the molecule is CCC(C)c1cc2c(C(C)CC)cccc2[cH-]1.CCc1cc2c(-c3ccc(C(C(F)(F)F)(C(F)(F)F)C(F)(F)F)cc3)cccc2[cH-]1.C[Si]C.[Cl][Zr+2][Cl]. The summed E-state index contributed by atoms with van der Waals surface area (Å²) >= 11 is -0.826. The normalized spacial score (nSPS) is 13.2. The van der Waals surface area contributed by atoms with Crippen molar-refractivity contribution in [2.75, 3.05) is 0 Å². The number of benzene rings is 3. The summed E-state index contributed by atoms with van der Waals surface area (Å²) in [6.07, 6.45) is -16.8. The molecule has 0 aliphatic heterocycles. The minimum absolute atomic E-state index is 0.207. The van der Waals surface area contributed by atoms with E-state index in [0.29, 0.717) is 29.2 Å². The number of rotatable bonds is 7. The summed E-state index contributed by atoms with van der Waals surface area (Å²) in [5.41, 5.74) is -3.22. The van der Waals surface area contributed by atoms with Gasteiger partial charge in [0.15, 0.2) is 0 Å². The second-order valence-corrected chi connectivity index (χ2v) is 17.4. The number of fused-ring (bicyclic) bond motifs is 2. The van der Waals surface area contributed by atoms with Gasteiger partial charge >= 0.3 is 56.4 Å². The molecule has 2 atom stereocenters. The number of aryl methyl sites for hydroxylation is 1. The van der Waals surface area contributed by atoms with Crippen molar-refractivity contribution in [1.82, 2.24) is 0 Å². The monoisotopic (exact) mass is 882 g/mol. The molecule has 0 spiro atoms. The summed E-state index contributed by atoms with van der Waals surface area (Å²) in [5.74, 6) is 1.33. The quantitative estimate of drug-likeness (QED) is 0.0868. The predicted molar refractivity (Wildman–Crippen MR) is 200 cm³/mol. The van der Waals surface area contributed by atoms with Crippen molar-refractivity contribution in [2.45, 2.75) is 103 Å². The Hall–Kier alpha value is -2.07. The fourth-order valence-corrected chi connectivity index (χ4v) is 6.08. The molecule has 2 radical (unpaired) electrons. The Morgan fingerprint density at radius 2 is 1.13 bits per heavy atom. The third-order valence-corrected chi connectivity index (χ3v) is 9.25. The molecular formula is C40H43Cl2F9SiZr. The third kappa shape index (κ3) is 10.8. The van der Waals surface area contributed by atoms with Gasteiger partial charge in [-0.25, -0.2) is 0 Å². The molecule has 13 heteroatoms. The van der Waals surface area contributed by atoms with E-state index in [9.17, 15) is 39.5 Å². The fourth-order valence-electron chi connectivity index (χ4n) is 6.08. The molecule has 5 rings (SSSR count). The van der Waals surface area contributed by atoms with Gasteiger partial charge in [0.05, 0.1) is 0 Å². The van der Waals surface area contributed by atoms with Crippen molar-refractivity contribution < 1.29 is 60.4 Å². The number of hydrogen-bond donors (Lipinski definition) is 0. The molecule has 0 aromatic heterocycles. The van der Waals surface area contributed by atoms with E-state index in [1.54, 1.807) is 18.2 Å². The van der Waals surface area contributed by atoms with E-state index in [1.165, 1.54) is 34.7 Å². The Morgan fingerprint density at radius 3 is 1.58 bits per heavy atom. The van der Waals surface area contributed by atoms with Gasteiger partial charge in [-0.3, -0.25) is 0 Å². The number of hydrogen-bond acceptors (Lipinski definition) is 0. The average Bonchev–Trinajstić information content (AvgIpc) is 3.72. The average molecular weight is 885 g/mol. The van der Waals surface area contributed by atoms with Crippen molar-refractivity contribution >= 4 is 48.1 Å². The Kier molecular flexibility index (Phi) is 17.9. The van der Waals surface area contributed by atoms with E-state index in [1.807, 2.05) is 19.1 Å². The van der Waals surface area contributed by atoms with Crippen LogP contribution in [-0.2, 0) is 32.7 Å². The van der Waals surface area contributed by atoms with Crippen LogP contribution in [0.25, 0.3) is 32.7 Å². The molecule has 5 aromatic rings. The molecule has 0 aliphatic carbocycles. The molecule has 0 saturated carbocycles. The Balaban J connectivity index is 0.000000355. The predicted octanol–water partition coefficient (Wildman–Crippen LogP) is 15.5. The van der Waals surface area contributed by atoms with Crippen LogP contribution in [0.3, 0.4) is 0 Å². The molecule has 0 fully saturated rings. The van der Waals surface area contributed by atoms with E-state index in [4.69, 9.17) is 17.0 Å². The van der Waals surface area contributed by atoms with Crippen LogP contribution in [0.15, 0.2) is 84.9 Å². The third-order valence-electron chi connectivity index (χ3n) is 9.25. The molecule has 0 nitrogen and oxygen atoms in total. The minimum atomic E-state index is -6.63. The molecule has 2 unspecified atom stereocenters. The number of alkyl halides is 9. The molecular weight excluding hydrogens is 842 g/mol. The van der Waals surface area contributed by atoms with E-state index < -0.39 is 50.4 Å².